The van der Waals surface area contributed by atoms with Gasteiger partial charge in [-0.1, -0.05) is 6.42 Å². The molecule has 0 radical (unpaired) electrons. The van der Waals surface area contributed by atoms with Gasteiger partial charge in [0.25, 0.3) is 0 Å². The Morgan fingerprint density at radius 2 is 1.81 bits per heavy atom. The van der Waals surface area contributed by atoms with Crippen LogP contribution in [0.4, 0.5) is 4.79 Å². The third-order valence-corrected chi connectivity index (χ3v) is 4.56. The van der Waals surface area contributed by atoms with Crippen molar-refractivity contribution in [1.82, 2.24) is 15.1 Å². The molecule has 0 bridgehead atoms. The molecule has 2 aliphatic heterocycles. The molecule has 0 saturated carbocycles. The number of carbonyl (C=O) groups is 1. The number of likely N-dealkylation sites (tertiary alicyclic amines) is 1. The van der Waals surface area contributed by atoms with Crippen LogP contribution in [0.25, 0.3) is 0 Å². The van der Waals surface area contributed by atoms with Crippen LogP contribution in [0.5, 0.6) is 0 Å². The van der Waals surface area contributed by atoms with Gasteiger partial charge in [-0.15, -0.1) is 0 Å². The van der Waals surface area contributed by atoms with Crippen LogP contribution in [-0.2, 0) is 4.74 Å². The second kappa shape index (κ2) is 7.99. The number of amides is 2. The number of nitrogens with one attached hydrogen (secondary N) is 1. The first kappa shape index (κ1) is 16.6. The summed E-state index contributed by atoms with van der Waals surface area (Å²) in [4.78, 5) is 16.6. The van der Waals surface area contributed by atoms with E-state index in [1.807, 2.05) is 18.7 Å². The fourth-order valence-corrected chi connectivity index (χ4v) is 3.39. The van der Waals surface area contributed by atoms with Crippen LogP contribution in [0, 0.1) is 0 Å². The largest absolute Gasteiger partial charge is 0.372 e. The van der Waals surface area contributed by atoms with Crippen molar-refractivity contribution in [2.75, 3.05) is 32.7 Å². The highest BCUT2D eigenvalue weighted by molar-refractivity contribution is 5.74. The van der Waals surface area contributed by atoms with E-state index in [9.17, 15) is 4.79 Å². The molecule has 2 saturated heterocycles. The molecule has 2 amide bonds. The molecule has 3 atom stereocenters. The van der Waals surface area contributed by atoms with Gasteiger partial charge in [-0.05, 0) is 53.1 Å². The van der Waals surface area contributed by atoms with Gasteiger partial charge in [0.1, 0.15) is 0 Å². The molecule has 2 aliphatic rings. The quantitative estimate of drug-likeness (QED) is 0.864. The highest BCUT2D eigenvalue weighted by atomic mass is 16.5. The van der Waals surface area contributed by atoms with Crippen LogP contribution in [0.2, 0.25) is 0 Å². The number of rotatable bonds is 4. The van der Waals surface area contributed by atoms with Gasteiger partial charge in [-0.2, -0.15) is 0 Å². The molecule has 0 unspecified atom stereocenters. The predicted octanol–water partition coefficient (Wildman–Crippen LogP) is 2.07. The molecule has 0 spiro atoms. The van der Waals surface area contributed by atoms with E-state index in [1.165, 1.54) is 32.4 Å². The summed E-state index contributed by atoms with van der Waals surface area (Å²) in [6, 6.07) is 0.621. The Labute approximate surface area is 129 Å². The van der Waals surface area contributed by atoms with Gasteiger partial charge in [0.15, 0.2) is 0 Å². The van der Waals surface area contributed by atoms with Gasteiger partial charge in [-0.3, -0.25) is 0 Å². The van der Waals surface area contributed by atoms with Crippen LogP contribution in [0.15, 0.2) is 0 Å². The summed E-state index contributed by atoms with van der Waals surface area (Å²) in [7, 11) is 0. The number of ether oxygens (including phenoxy) is 1. The summed E-state index contributed by atoms with van der Waals surface area (Å²) in [5.74, 6) is 0. The fourth-order valence-electron chi connectivity index (χ4n) is 3.39. The van der Waals surface area contributed by atoms with E-state index in [2.05, 4.69) is 17.1 Å². The smallest absolute Gasteiger partial charge is 0.317 e. The summed E-state index contributed by atoms with van der Waals surface area (Å²) in [5, 5.41) is 3.07. The van der Waals surface area contributed by atoms with Gasteiger partial charge in [0.05, 0.1) is 12.2 Å². The predicted molar refractivity (Wildman–Crippen MR) is 84.5 cm³/mol. The monoisotopic (exact) mass is 297 g/mol. The zero-order chi connectivity index (χ0) is 15.2. The lowest BCUT2D eigenvalue weighted by Gasteiger charge is -2.35. The van der Waals surface area contributed by atoms with Crippen molar-refractivity contribution in [3.8, 4) is 0 Å². The first-order valence-corrected chi connectivity index (χ1v) is 8.48. The minimum atomic E-state index is 0.0582. The van der Waals surface area contributed by atoms with Gasteiger partial charge >= 0.3 is 6.03 Å². The van der Waals surface area contributed by atoms with E-state index < -0.39 is 0 Å². The molecule has 5 nitrogen and oxygen atoms in total. The van der Waals surface area contributed by atoms with Crippen LogP contribution in [0.1, 0.15) is 46.5 Å². The lowest BCUT2D eigenvalue weighted by Crippen LogP contribution is -2.52. The van der Waals surface area contributed by atoms with Crippen LogP contribution in [-0.4, -0.2) is 66.8 Å². The Bertz CT molecular complexity index is 321. The number of morpholine rings is 1. The molecule has 122 valence electrons. The minimum absolute atomic E-state index is 0.0582. The maximum absolute atomic E-state index is 12.2. The van der Waals surface area contributed by atoms with Crippen molar-refractivity contribution in [2.24, 2.45) is 0 Å². The first-order valence-electron chi connectivity index (χ1n) is 8.48. The molecule has 5 heteroatoms. The van der Waals surface area contributed by atoms with Gasteiger partial charge in [0.2, 0.25) is 0 Å². The average Bonchev–Trinajstić information content (AvgIpc) is 2.47. The van der Waals surface area contributed by atoms with Crippen molar-refractivity contribution in [1.29, 1.82) is 0 Å². The second-order valence-corrected chi connectivity index (χ2v) is 6.63. The number of carbonyl (C=O) groups excluding carboxylic acids is 1. The highest BCUT2D eigenvalue weighted by Gasteiger charge is 2.25. The summed E-state index contributed by atoms with van der Waals surface area (Å²) >= 11 is 0. The maximum Gasteiger partial charge on any atom is 0.317 e. The Balaban J connectivity index is 1.66. The van der Waals surface area contributed by atoms with Crippen molar-refractivity contribution in [2.45, 2.75) is 64.7 Å². The topological polar surface area (TPSA) is 44.8 Å². The molecule has 0 aromatic heterocycles. The van der Waals surface area contributed by atoms with E-state index >= 15 is 0 Å². The SMILES string of the molecule is C[C@@H]1CN(C(=O)NCC[C@H](C)N2CCCCC2)C[C@H](C)O1. The standard InChI is InChI=1S/C16H31N3O2/c1-13(18-9-5-4-6-10-18)7-8-17-16(20)19-11-14(2)21-15(3)12-19/h13-15H,4-12H2,1-3H3,(H,17,20)/t13-,14-,15+/m0/s1. The van der Waals surface area contributed by atoms with E-state index in [-0.39, 0.29) is 18.2 Å². The van der Waals surface area contributed by atoms with E-state index in [0.717, 1.165) is 13.0 Å². The summed E-state index contributed by atoms with van der Waals surface area (Å²) in [5.41, 5.74) is 0. The Kier molecular flexibility index (Phi) is 6.30. The van der Waals surface area contributed by atoms with Crippen LogP contribution >= 0.6 is 0 Å². The molecular formula is C16H31N3O2. The molecule has 2 fully saturated rings. The fraction of sp³-hybridized carbons (Fsp3) is 0.938. The molecular weight excluding hydrogens is 266 g/mol. The number of piperidine rings is 1. The Morgan fingerprint density at radius 1 is 1.19 bits per heavy atom. The van der Waals surface area contributed by atoms with E-state index in [1.54, 1.807) is 0 Å². The molecule has 0 aromatic rings. The molecule has 0 aliphatic carbocycles. The first-order chi connectivity index (χ1) is 10.1. The molecule has 21 heavy (non-hydrogen) atoms. The lowest BCUT2D eigenvalue weighted by molar-refractivity contribution is -0.0545. The van der Waals surface area contributed by atoms with Crippen molar-refractivity contribution in [3.05, 3.63) is 0 Å². The summed E-state index contributed by atoms with van der Waals surface area (Å²) in [6.07, 6.45) is 5.30. The zero-order valence-electron chi connectivity index (χ0n) is 13.8. The normalized spacial score (nSPS) is 29.2. The number of nitrogens with zero attached hydrogens (tertiary/aromatic N) is 2. The highest BCUT2D eigenvalue weighted by Crippen LogP contribution is 2.14. The summed E-state index contributed by atoms with van der Waals surface area (Å²) < 4.78 is 5.66. The van der Waals surface area contributed by atoms with Gasteiger partial charge in [0, 0.05) is 25.7 Å². The van der Waals surface area contributed by atoms with Crippen molar-refractivity contribution in [3.63, 3.8) is 0 Å². The number of hydrogen-bond donors (Lipinski definition) is 1. The number of hydrogen-bond acceptors (Lipinski definition) is 3. The minimum Gasteiger partial charge on any atom is -0.372 e. The number of urea groups is 1. The third kappa shape index (κ3) is 5.15. The Hall–Kier alpha value is -0.810. The second-order valence-electron chi connectivity index (χ2n) is 6.63. The maximum atomic E-state index is 12.2. The summed E-state index contributed by atoms with van der Waals surface area (Å²) in [6.45, 7) is 10.9. The zero-order valence-corrected chi connectivity index (χ0v) is 13.8. The molecule has 2 heterocycles. The lowest BCUT2D eigenvalue weighted by atomic mass is 10.1. The van der Waals surface area contributed by atoms with Gasteiger partial charge < -0.3 is 19.9 Å². The van der Waals surface area contributed by atoms with E-state index in [0.29, 0.717) is 19.1 Å². The van der Waals surface area contributed by atoms with E-state index in [4.69, 9.17) is 4.74 Å². The molecule has 1 N–H and O–H groups in total. The third-order valence-electron chi connectivity index (χ3n) is 4.56. The van der Waals surface area contributed by atoms with Crippen LogP contribution < -0.4 is 5.32 Å². The average molecular weight is 297 g/mol. The van der Waals surface area contributed by atoms with Crippen molar-refractivity contribution >= 4 is 6.03 Å². The van der Waals surface area contributed by atoms with Gasteiger partial charge in [-0.25, -0.2) is 4.79 Å². The van der Waals surface area contributed by atoms with Crippen molar-refractivity contribution < 1.29 is 9.53 Å². The van der Waals surface area contributed by atoms with Crippen LogP contribution in [0.3, 0.4) is 0 Å². The molecule has 2 rings (SSSR count). The molecule has 0 aromatic carbocycles. The Morgan fingerprint density at radius 3 is 2.43 bits per heavy atom.